The van der Waals surface area contributed by atoms with E-state index in [1.165, 1.54) is 5.56 Å². The van der Waals surface area contributed by atoms with Crippen molar-refractivity contribution >= 4 is 30.6 Å². The number of hydrogen-bond acceptors (Lipinski definition) is 6. The molecule has 4 rings (SSSR count). The van der Waals surface area contributed by atoms with E-state index in [0.717, 1.165) is 57.8 Å². The highest BCUT2D eigenvalue weighted by atomic mass is 32.2. The van der Waals surface area contributed by atoms with E-state index in [0.29, 0.717) is 17.6 Å². The topological polar surface area (TPSA) is 116 Å². The van der Waals surface area contributed by atoms with E-state index in [-0.39, 0.29) is 18.4 Å². The Balaban J connectivity index is 0.000000655. The first-order chi connectivity index (χ1) is 16.9. The molecule has 10 heteroatoms. The molecule has 1 aromatic carbocycles. The Morgan fingerprint density at radius 1 is 1.14 bits per heavy atom. The Morgan fingerprint density at radius 3 is 2.43 bits per heavy atom. The first-order valence-corrected chi connectivity index (χ1v) is 13.0. The van der Waals surface area contributed by atoms with Gasteiger partial charge in [-0.25, -0.2) is 4.98 Å². The predicted molar refractivity (Wildman–Crippen MR) is 136 cm³/mol. The number of nitrogens with zero attached hydrogens (tertiary/aromatic N) is 4. The van der Waals surface area contributed by atoms with E-state index >= 15 is 0 Å². The van der Waals surface area contributed by atoms with Crippen LogP contribution in [0.2, 0.25) is 0 Å². The van der Waals surface area contributed by atoms with Gasteiger partial charge in [0.2, 0.25) is 5.91 Å². The first-order valence-electron chi connectivity index (χ1n) is 11.6. The molecule has 2 atom stereocenters. The van der Waals surface area contributed by atoms with Crippen molar-refractivity contribution in [1.29, 1.82) is 0 Å². The Labute approximate surface area is 211 Å². The number of carbonyl (C=O) groups excluding carboxylic acids is 1. The van der Waals surface area contributed by atoms with Gasteiger partial charge in [-0.2, -0.15) is 11.8 Å². The number of aryl methyl sites for hydroxylation is 2. The van der Waals surface area contributed by atoms with Crippen LogP contribution in [0, 0.1) is 11.3 Å². The number of imidazole rings is 1. The minimum absolute atomic E-state index is 0.228. The van der Waals surface area contributed by atoms with E-state index in [4.69, 9.17) is 19.8 Å². The molecule has 2 N–H and O–H groups in total. The molecular formula is C25H36N4O5S. The number of amides is 1. The van der Waals surface area contributed by atoms with Crippen LogP contribution < -0.4 is 0 Å². The van der Waals surface area contributed by atoms with Crippen molar-refractivity contribution < 1.29 is 24.6 Å². The van der Waals surface area contributed by atoms with Crippen LogP contribution in [0.3, 0.4) is 0 Å². The molecule has 0 radical (unpaired) electrons. The number of aromatic nitrogens is 2. The second kappa shape index (κ2) is 14.5. The number of thioether (sulfide) groups is 1. The Kier molecular flexibility index (Phi) is 11.8. The van der Waals surface area contributed by atoms with Gasteiger partial charge in [0.25, 0.3) is 12.9 Å². The number of benzene rings is 1. The van der Waals surface area contributed by atoms with E-state index in [2.05, 4.69) is 56.7 Å². The van der Waals surface area contributed by atoms with Gasteiger partial charge >= 0.3 is 0 Å². The summed E-state index contributed by atoms with van der Waals surface area (Å²) in [6.45, 7) is 4.59. The van der Waals surface area contributed by atoms with Crippen LogP contribution in [-0.2, 0) is 34.3 Å². The largest absolute Gasteiger partial charge is 0.483 e. The zero-order valence-electron chi connectivity index (χ0n) is 20.5. The van der Waals surface area contributed by atoms with Crippen molar-refractivity contribution in [3.8, 4) is 0 Å². The summed E-state index contributed by atoms with van der Waals surface area (Å²) in [5.74, 6) is 2.64. The lowest BCUT2D eigenvalue weighted by Crippen LogP contribution is -2.38. The SMILES string of the molecule is CSCC(=O)N1CC2CN(CCc3nccn3C)CC2(CCc2ccccc2)C1.O=CO.O=CO. The Hall–Kier alpha value is -2.85. The second-order valence-electron chi connectivity index (χ2n) is 8.90. The fourth-order valence-corrected chi connectivity index (χ4v) is 5.59. The zero-order valence-corrected chi connectivity index (χ0v) is 21.3. The maximum Gasteiger partial charge on any atom is 0.290 e. The fourth-order valence-electron chi connectivity index (χ4n) is 5.16. The minimum Gasteiger partial charge on any atom is -0.483 e. The lowest BCUT2D eigenvalue weighted by molar-refractivity contribution is -0.128. The van der Waals surface area contributed by atoms with Gasteiger partial charge in [0.1, 0.15) is 5.82 Å². The van der Waals surface area contributed by atoms with Gasteiger partial charge in [0, 0.05) is 64.0 Å². The summed E-state index contributed by atoms with van der Waals surface area (Å²) in [4.78, 5) is 38.5. The molecule has 2 aromatic rings. The molecule has 2 saturated heterocycles. The number of carbonyl (C=O) groups is 3. The molecule has 0 bridgehead atoms. The van der Waals surface area contributed by atoms with Gasteiger partial charge in [0.05, 0.1) is 5.75 Å². The second-order valence-corrected chi connectivity index (χ2v) is 9.77. The van der Waals surface area contributed by atoms with Gasteiger partial charge in [-0.1, -0.05) is 30.3 Å². The molecule has 2 fully saturated rings. The average Bonchev–Trinajstić information content (AvgIpc) is 3.50. The van der Waals surface area contributed by atoms with E-state index in [9.17, 15) is 4.79 Å². The zero-order chi connectivity index (χ0) is 25.7. The van der Waals surface area contributed by atoms with E-state index < -0.39 is 0 Å². The summed E-state index contributed by atoms with van der Waals surface area (Å²) in [7, 11) is 2.07. The Bertz CT molecular complexity index is 920. The molecule has 0 aliphatic carbocycles. The number of likely N-dealkylation sites (tertiary alicyclic amines) is 2. The summed E-state index contributed by atoms with van der Waals surface area (Å²) in [6.07, 6.45) is 9.15. The standard InChI is InChI=1S/C23H32N4OS.2CH2O2/c1-25-13-11-24-21(25)9-12-26-14-20-15-27(22(28)16-29-2)18-23(20,17-26)10-8-19-6-4-3-5-7-19;2*2-1-3/h3-7,11,13,20H,8-10,12,14-18H2,1-2H3;2*1H,(H,2,3). The van der Waals surface area contributed by atoms with Crippen molar-refractivity contribution in [3.05, 3.63) is 54.1 Å². The van der Waals surface area contributed by atoms with Crippen LogP contribution in [-0.4, -0.2) is 93.1 Å². The molecule has 2 aliphatic rings. The first kappa shape index (κ1) is 28.4. The molecule has 9 nitrogen and oxygen atoms in total. The van der Waals surface area contributed by atoms with Gasteiger partial charge in [-0.05, 0) is 30.6 Å². The molecule has 2 aliphatic heterocycles. The third-order valence-electron chi connectivity index (χ3n) is 6.78. The molecular weight excluding hydrogens is 468 g/mol. The van der Waals surface area contributed by atoms with Gasteiger partial charge in [-0.15, -0.1) is 0 Å². The highest BCUT2D eigenvalue weighted by Crippen LogP contribution is 2.46. The van der Waals surface area contributed by atoms with E-state index in [1.807, 2.05) is 18.6 Å². The fraction of sp³-hybridized carbons (Fsp3) is 0.520. The van der Waals surface area contributed by atoms with Crippen LogP contribution >= 0.6 is 11.8 Å². The average molecular weight is 505 g/mol. The summed E-state index contributed by atoms with van der Waals surface area (Å²) < 4.78 is 2.12. The monoisotopic (exact) mass is 504 g/mol. The minimum atomic E-state index is -0.250. The molecule has 2 unspecified atom stereocenters. The van der Waals surface area contributed by atoms with Crippen molar-refractivity contribution in [3.63, 3.8) is 0 Å². The maximum atomic E-state index is 12.6. The number of rotatable bonds is 8. The normalized spacial score (nSPS) is 20.7. The highest BCUT2D eigenvalue weighted by molar-refractivity contribution is 7.99. The number of fused-ring (bicyclic) bond motifs is 1. The third kappa shape index (κ3) is 8.10. The predicted octanol–water partition coefficient (Wildman–Crippen LogP) is 2.12. The molecule has 0 saturated carbocycles. The summed E-state index contributed by atoms with van der Waals surface area (Å²) in [5.41, 5.74) is 1.63. The van der Waals surface area contributed by atoms with Gasteiger partial charge < -0.3 is 24.6 Å². The number of carboxylic acid groups (broad SMARTS) is 2. The lowest BCUT2D eigenvalue weighted by atomic mass is 9.76. The van der Waals surface area contributed by atoms with E-state index in [1.54, 1.807) is 11.8 Å². The van der Waals surface area contributed by atoms with Crippen molar-refractivity contribution in [2.24, 2.45) is 18.4 Å². The van der Waals surface area contributed by atoms with Crippen LogP contribution in [0.25, 0.3) is 0 Å². The summed E-state index contributed by atoms with van der Waals surface area (Å²) >= 11 is 1.63. The van der Waals surface area contributed by atoms with Crippen molar-refractivity contribution in [1.82, 2.24) is 19.4 Å². The molecule has 0 spiro atoms. The maximum absolute atomic E-state index is 12.6. The third-order valence-corrected chi connectivity index (χ3v) is 7.31. The lowest BCUT2D eigenvalue weighted by Gasteiger charge is -2.30. The Morgan fingerprint density at radius 2 is 1.83 bits per heavy atom. The molecule has 35 heavy (non-hydrogen) atoms. The number of hydrogen-bond donors (Lipinski definition) is 2. The summed E-state index contributed by atoms with van der Waals surface area (Å²) in [6, 6.07) is 10.8. The van der Waals surface area contributed by atoms with Gasteiger partial charge in [-0.3, -0.25) is 14.4 Å². The molecule has 1 amide bonds. The van der Waals surface area contributed by atoms with Crippen molar-refractivity contribution in [2.45, 2.75) is 19.3 Å². The quantitative estimate of drug-likeness (QED) is 0.525. The van der Waals surface area contributed by atoms with Crippen LogP contribution in [0.4, 0.5) is 0 Å². The summed E-state index contributed by atoms with van der Waals surface area (Å²) in [5, 5.41) is 13.8. The molecule has 192 valence electrons. The molecule has 1 aromatic heterocycles. The van der Waals surface area contributed by atoms with Crippen LogP contribution in [0.1, 0.15) is 17.8 Å². The van der Waals surface area contributed by atoms with Crippen LogP contribution in [0.15, 0.2) is 42.7 Å². The highest BCUT2D eigenvalue weighted by Gasteiger charge is 2.52. The van der Waals surface area contributed by atoms with Crippen molar-refractivity contribution in [2.75, 3.05) is 44.7 Å². The van der Waals surface area contributed by atoms with Gasteiger partial charge in [0.15, 0.2) is 0 Å². The van der Waals surface area contributed by atoms with Crippen LogP contribution in [0.5, 0.6) is 0 Å². The molecule has 3 heterocycles. The smallest absolute Gasteiger partial charge is 0.290 e.